The third-order valence-electron chi connectivity index (χ3n) is 4.46. The molecule has 2 aliphatic heterocycles. The number of likely N-dealkylation sites (N-methyl/N-ethyl adjacent to an activating group) is 1. The van der Waals surface area contributed by atoms with E-state index >= 15 is 0 Å². The van der Waals surface area contributed by atoms with E-state index in [2.05, 4.69) is 17.4 Å². The predicted octanol–water partition coefficient (Wildman–Crippen LogP) is 1.97. The van der Waals surface area contributed by atoms with Gasteiger partial charge in [-0.05, 0) is 56.0 Å². The molecule has 0 radical (unpaired) electrons. The number of rotatable bonds is 4. The molecule has 0 bridgehead atoms. The quantitative estimate of drug-likeness (QED) is 0.921. The molecule has 1 aromatic carbocycles. The molecule has 3 rings (SSSR count). The van der Waals surface area contributed by atoms with E-state index in [-0.39, 0.29) is 12.0 Å². The first kappa shape index (κ1) is 14.5. The minimum absolute atomic E-state index is 0.126. The molecule has 2 aliphatic rings. The number of benzene rings is 1. The van der Waals surface area contributed by atoms with Gasteiger partial charge in [0.2, 0.25) is 0 Å². The van der Waals surface area contributed by atoms with E-state index in [0.717, 1.165) is 51.1 Å². The van der Waals surface area contributed by atoms with Crippen molar-refractivity contribution in [1.82, 2.24) is 10.2 Å². The molecule has 1 N–H and O–H groups in total. The average molecular weight is 288 g/mol. The van der Waals surface area contributed by atoms with E-state index in [4.69, 9.17) is 4.74 Å². The zero-order valence-corrected chi connectivity index (χ0v) is 12.7. The second-order valence-electron chi connectivity index (χ2n) is 5.89. The summed E-state index contributed by atoms with van der Waals surface area (Å²) in [5, 5.41) is 3.36. The number of amides is 1. The normalized spacial score (nSPS) is 21.1. The van der Waals surface area contributed by atoms with Gasteiger partial charge < -0.3 is 15.0 Å². The third-order valence-corrected chi connectivity index (χ3v) is 4.46. The van der Waals surface area contributed by atoms with Crippen LogP contribution in [-0.4, -0.2) is 43.2 Å². The highest BCUT2D eigenvalue weighted by Crippen LogP contribution is 2.19. The highest BCUT2D eigenvalue weighted by molar-refractivity contribution is 5.94. The Bertz CT molecular complexity index is 510. The van der Waals surface area contributed by atoms with Gasteiger partial charge in [0.25, 0.3) is 5.91 Å². The zero-order chi connectivity index (χ0) is 14.7. The van der Waals surface area contributed by atoms with Crippen molar-refractivity contribution >= 4 is 5.91 Å². The van der Waals surface area contributed by atoms with Crippen LogP contribution in [0.1, 0.15) is 41.3 Å². The van der Waals surface area contributed by atoms with Crippen molar-refractivity contribution in [3.8, 4) is 0 Å². The Hall–Kier alpha value is -1.39. The molecular weight excluding hydrogens is 264 g/mol. The monoisotopic (exact) mass is 288 g/mol. The van der Waals surface area contributed by atoms with Gasteiger partial charge in [0.05, 0.1) is 6.10 Å². The fourth-order valence-electron chi connectivity index (χ4n) is 3.19. The van der Waals surface area contributed by atoms with Crippen LogP contribution in [0.2, 0.25) is 0 Å². The molecule has 1 unspecified atom stereocenters. The molecule has 0 saturated carbocycles. The predicted molar refractivity (Wildman–Crippen MR) is 82.4 cm³/mol. The Morgan fingerprint density at radius 1 is 1.43 bits per heavy atom. The maximum atomic E-state index is 12.7. The van der Waals surface area contributed by atoms with Gasteiger partial charge in [-0.3, -0.25) is 4.79 Å². The molecule has 0 aliphatic carbocycles. The van der Waals surface area contributed by atoms with Gasteiger partial charge in [0.15, 0.2) is 0 Å². The topological polar surface area (TPSA) is 41.6 Å². The number of nitrogens with zero attached hydrogens (tertiary/aromatic N) is 1. The van der Waals surface area contributed by atoms with Crippen molar-refractivity contribution in [2.24, 2.45) is 0 Å². The summed E-state index contributed by atoms with van der Waals surface area (Å²) in [7, 11) is 0. The fraction of sp³-hybridized carbons (Fsp3) is 0.588. The van der Waals surface area contributed by atoms with Gasteiger partial charge >= 0.3 is 0 Å². The van der Waals surface area contributed by atoms with E-state index in [9.17, 15) is 4.79 Å². The Morgan fingerprint density at radius 2 is 2.33 bits per heavy atom. The molecule has 1 saturated heterocycles. The maximum absolute atomic E-state index is 12.7. The number of carbonyl (C=O) groups excluding carboxylic acids is 1. The van der Waals surface area contributed by atoms with Gasteiger partial charge in [0, 0.05) is 31.8 Å². The average Bonchev–Trinajstić information content (AvgIpc) is 3.04. The molecule has 1 atom stereocenters. The summed E-state index contributed by atoms with van der Waals surface area (Å²) in [6.45, 7) is 6.21. The fourth-order valence-corrected chi connectivity index (χ4v) is 3.19. The maximum Gasteiger partial charge on any atom is 0.253 e. The standard InChI is InChI=1S/C17H24N2O2/c1-2-19(12-16-4-3-9-21-16)17(20)14-6-5-13-7-8-18-11-15(13)10-14/h5-6,10,16,18H,2-4,7-9,11-12H2,1H3. The van der Waals surface area contributed by atoms with E-state index in [1.165, 1.54) is 11.1 Å². The van der Waals surface area contributed by atoms with Crippen molar-refractivity contribution in [3.63, 3.8) is 0 Å². The van der Waals surface area contributed by atoms with E-state index in [1.807, 2.05) is 17.9 Å². The lowest BCUT2D eigenvalue weighted by atomic mass is 9.98. The number of nitrogens with one attached hydrogen (secondary N) is 1. The van der Waals surface area contributed by atoms with Gasteiger partial charge in [0.1, 0.15) is 0 Å². The molecule has 114 valence electrons. The summed E-state index contributed by atoms with van der Waals surface area (Å²) < 4.78 is 5.66. The van der Waals surface area contributed by atoms with Crippen LogP contribution < -0.4 is 5.32 Å². The Labute approximate surface area is 126 Å². The molecule has 4 heteroatoms. The third kappa shape index (κ3) is 3.27. The Kier molecular flexibility index (Phi) is 4.56. The first-order chi connectivity index (χ1) is 10.3. The van der Waals surface area contributed by atoms with Gasteiger partial charge in [-0.15, -0.1) is 0 Å². The number of hydrogen-bond acceptors (Lipinski definition) is 3. The number of carbonyl (C=O) groups is 1. The summed E-state index contributed by atoms with van der Waals surface area (Å²) in [6.07, 6.45) is 3.45. The molecule has 1 amide bonds. The van der Waals surface area contributed by atoms with Crippen molar-refractivity contribution in [3.05, 3.63) is 34.9 Å². The van der Waals surface area contributed by atoms with Crippen LogP contribution in [-0.2, 0) is 17.7 Å². The van der Waals surface area contributed by atoms with Crippen LogP contribution in [0, 0.1) is 0 Å². The second-order valence-corrected chi connectivity index (χ2v) is 5.89. The molecular formula is C17H24N2O2. The first-order valence-corrected chi connectivity index (χ1v) is 8.01. The van der Waals surface area contributed by atoms with Gasteiger partial charge in [-0.1, -0.05) is 6.07 Å². The molecule has 0 aromatic heterocycles. The molecule has 2 heterocycles. The highest BCUT2D eigenvalue weighted by Gasteiger charge is 2.23. The van der Waals surface area contributed by atoms with E-state index in [1.54, 1.807) is 0 Å². The van der Waals surface area contributed by atoms with Crippen LogP contribution >= 0.6 is 0 Å². The lowest BCUT2D eigenvalue weighted by molar-refractivity contribution is 0.0539. The van der Waals surface area contributed by atoms with Crippen molar-refractivity contribution < 1.29 is 9.53 Å². The largest absolute Gasteiger partial charge is 0.376 e. The molecule has 1 fully saturated rings. The van der Waals surface area contributed by atoms with Crippen molar-refractivity contribution in [2.75, 3.05) is 26.2 Å². The number of fused-ring (bicyclic) bond motifs is 1. The molecule has 4 nitrogen and oxygen atoms in total. The summed E-state index contributed by atoms with van der Waals surface area (Å²) in [5.74, 6) is 0.126. The van der Waals surface area contributed by atoms with Gasteiger partial charge in [-0.2, -0.15) is 0 Å². The van der Waals surface area contributed by atoms with Gasteiger partial charge in [-0.25, -0.2) is 0 Å². The summed E-state index contributed by atoms with van der Waals surface area (Å²) >= 11 is 0. The minimum Gasteiger partial charge on any atom is -0.376 e. The summed E-state index contributed by atoms with van der Waals surface area (Å²) in [6, 6.07) is 6.15. The minimum atomic E-state index is 0.126. The SMILES string of the molecule is CCN(CC1CCCO1)C(=O)c1ccc2c(c1)CNCC2. The molecule has 1 aromatic rings. The van der Waals surface area contributed by atoms with E-state index in [0.29, 0.717) is 6.54 Å². The highest BCUT2D eigenvalue weighted by atomic mass is 16.5. The van der Waals surface area contributed by atoms with Crippen LogP contribution in [0.4, 0.5) is 0 Å². The van der Waals surface area contributed by atoms with E-state index < -0.39 is 0 Å². The van der Waals surface area contributed by atoms with Crippen molar-refractivity contribution in [2.45, 2.75) is 38.8 Å². The lowest BCUT2D eigenvalue weighted by Crippen LogP contribution is -2.37. The first-order valence-electron chi connectivity index (χ1n) is 8.01. The summed E-state index contributed by atoms with van der Waals surface area (Å²) in [4.78, 5) is 14.6. The number of hydrogen-bond donors (Lipinski definition) is 1. The lowest BCUT2D eigenvalue weighted by Gasteiger charge is -2.25. The smallest absolute Gasteiger partial charge is 0.253 e. The van der Waals surface area contributed by atoms with Crippen LogP contribution in [0.3, 0.4) is 0 Å². The zero-order valence-electron chi connectivity index (χ0n) is 12.7. The van der Waals surface area contributed by atoms with Crippen molar-refractivity contribution in [1.29, 1.82) is 0 Å². The Balaban J connectivity index is 1.73. The van der Waals surface area contributed by atoms with Crippen LogP contribution in [0.15, 0.2) is 18.2 Å². The van der Waals surface area contributed by atoms with Crippen LogP contribution in [0.5, 0.6) is 0 Å². The second kappa shape index (κ2) is 6.58. The van der Waals surface area contributed by atoms with Crippen LogP contribution in [0.25, 0.3) is 0 Å². The Morgan fingerprint density at radius 3 is 3.10 bits per heavy atom. The molecule has 0 spiro atoms. The molecule has 21 heavy (non-hydrogen) atoms. The number of ether oxygens (including phenoxy) is 1. The summed E-state index contributed by atoms with van der Waals surface area (Å²) in [5.41, 5.74) is 3.44.